The number of hydrogen-bond acceptors (Lipinski definition) is 3. The lowest BCUT2D eigenvalue weighted by Crippen LogP contribution is -2.50. The standard InChI is InChI=1S/C26H35N3O4S/c1-5-6-7-8-21-9-11-22(12-10-21)13-14-23-15-17-24(18-16-23)27-34(32,33)28-25(19-26(30)31)20-29(2,3)4/h9-12,15-18,25,27-28H,5-8,19-20H2,1-4H3/p+1. The van der Waals surface area contributed by atoms with Gasteiger partial charge >= 0.3 is 5.97 Å². The molecule has 2 aromatic rings. The second-order valence-electron chi connectivity index (χ2n) is 9.47. The maximum atomic E-state index is 12.5. The fourth-order valence-corrected chi connectivity index (χ4v) is 4.62. The van der Waals surface area contributed by atoms with E-state index in [0.717, 1.165) is 17.5 Å². The topological polar surface area (TPSA) is 95.5 Å². The molecule has 3 N–H and O–H groups in total. The number of nitrogens with zero attached hydrogens (tertiary/aromatic N) is 1. The lowest BCUT2D eigenvalue weighted by molar-refractivity contribution is -0.871. The molecule has 0 aromatic heterocycles. The maximum Gasteiger partial charge on any atom is 0.305 e. The van der Waals surface area contributed by atoms with Crippen LogP contribution in [0.5, 0.6) is 0 Å². The Morgan fingerprint density at radius 3 is 2.03 bits per heavy atom. The molecule has 7 nitrogen and oxygen atoms in total. The third-order valence-corrected chi connectivity index (χ3v) is 6.17. The minimum Gasteiger partial charge on any atom is -0.481 e. The van der Waals surface area contributed by atoms with E-state index >= 15 is 0 Å². The van der Waals surface area contributed by atoms with Crippen molar-refractivity contribution in [3.8, 4) is 11.8 Å². The monoisotopic (exact) mass is 486 g/mol. The molecule has 1 atom stereocenters. The van der Waals surface area contributed by atoms with Crippen LogP contribution in [0, 0.1) is 11.8 Å². The first-order valence-electron chi connectivity index (χ1n) is 11.5. The van der Waals surface area contributed by atoms with Gasteiger partial charge < -0.3 is 9.59 Å². The highest BCUT2D eigenvalue weighted by atomic mass is 32.2. The zero-order valence-electron chi connectivity index (χ0n) is 20.5. The first kappa shape index (κ1) is 27.4. The van der Waals surface area contributed by atoms with Gasteiger partial charge in [-0.2, -0.15) is 13.1 Å². The SMILES string of the molecule is CCCCCc1ccc(C#Cc2ccc(NS(=O)(=O)NC(CC(=O)O)C[N+](C)(C)C)cc2)cc1. The first-order valence-corrected chi connectivity index (χ1v) is 13.0. The molecule has 8 heteroatoms. The molecule has 0 aliphatic carbocycles. The molecule has 0 aliphatic rings. The van der Waals surface area contributed by atoms with E-state index in [1.165, 1.54) is 24.8 Å². The van der Waals surface area contributed by atoms with E-state index in [4.69, 9.17) is 5.11 Å². The number of rotatable bonds is 12. The number of anilines is 1. The molecule has 0 saturated heterocycles. The third kappa shape index (κ3) is 10.8. The lowest BCUT2D eigenvalue weighted by atomic mass is 10.1. The predicted octanol–water partition coefficient (Wildman–Crippen LogP) is 3.61. The summed E-state index contributed by atoms with van der Waals surface area (Å²) in [6, 6.07) is 14.3. The number of carbonyl (C=O) groups is 1. The summed E-state index contributed by atoms with van der Waals surface area (Å²) in [5.74, 6) is 5.16. The van der Waals surface area contributed by atoms with Crippen LogP contribution in [0.4, 0.5) is 5.69 Å². The molecule has 184 valence electrons. The number of quaternary nitrogens is 1. The first-order chi connectivity index (χ1) is 16.0. The van der Waals surface area contributed by atoms with Gasteiger partial charge in [-0.15, -0.1) is 0 Å². The van der Waals surface area contributed by atoms with Gasteiger partial charge in [-0.3, -0.25) is 9.52 Å². The highest BCUT2D eigenvalue weighted by Gasteiger charge is 2.25. The van der Waals surface area contributed by atoms with E-state index < -0.39 is 22.2 Å². The van der Waals surface area contributed by atoms with Crippen LogP contribution in [0.25, 0.3) is 0 Å². The zero-order valence-corrected chi connectivity index (χ0v) is 21.3. The number of carboxylic acids is 1. The molecular weight excluding hydrogens is 450 g/mol. The van der Waals surface area contributed by atoms with Gasteiger partial charge in [0.1, 0.15) is 0 Å². The number of benzene rings is 2. The molecule has 0 aliphatic heterocycles. The van der Waals surface area contributed by atoms with Gasteiger partial charge in [-0.05, 0) is 54.8 Å². The summed E-state index contributed by atoms with van der Waals surface area (Å²) in [6.45, 7) is 2.53. The Morgan fingerprint density at radius 2 is 1.53 bits per heavy atom. The van der Waals surface area contributed by atoms with Gasteiger partial charge in [0, 0.05) is 16.8 Å². The molecule has 0 bridgehead atoms. The molecule has 0 spiro atoms. The van der Waals surface area contributed by atoms with E-state index in [1.807, 2.05) is 33.3 Å². The van der Waals surface area contributed by atoms with Crippen LogP contribution < -0.4 is 9.44 Å². The van der Waals surface area contributed by atoms with E-state index in [9.17, 15) is 13.2 Å². The van der Waals surface area contributed by atoms with Gasteiger partial charge in [0.25, 0.3) is 10.2 Å². The van der Waals surface area contributed by atoms with Crippen molar-refractivity contribution in [2.75, 3.05) is 32.4 Å². The number of carboxylic acid groups (broad SMARTS) is 1. The Kier molecular flexibility index (Phi) is 10.1. The predicted molar refractivity (Wildman–Crippen MR) is 137 cm³/mol. The van der Waals surface area contributed by atoms with E-state index in [0.29, 0.717) is 16.7 Å². The Hall–Kier alpha value is -2.86. The molecule has 2 rings (SSSR count). The number of aliphatic carboxylic acids is 1. The Balaban J connectivity index is 1.99. The molecule has 0 amide bonds. The fourth-order valence-electron chi connectivity index (χ4n) is 3.52. The van der Waals surface area contributed by atoms with E-state index in [2.05, 4.69) is 40.3 Å². The molecule has 1 unspecified atom stereocenters. The summed E-state index contributed by atoms with van der Waals surface area (Å²) >= 11 is 0. The largest absolute Gasteiger partial charge is 0.481 e. The summed E-state index contributed by atoms with van der Waals surface area (Å²) < 4.78 is 30.4. The zero-order chi connectivity index (χ0) is 25.2. The van der Waals surface area contributed by atoms with Gasteiger partial charge in [-0.25, -0.2) is 0 Å². The number of nitrogens with one attached hydrogen (secondary N) is 2. The summed E-state index contributed by atoms with van der Waals surface area (Å²) in [5.41, 5.74) is 3.37. The maximum absolute atomic E-state index is 12.5. The van der Waals surface area contributed by atoms with Crippen molar-refractivity contribution < 1.29 is 22.8 Å². The summed E-state index contributed by atoms with van der Waals surface area (Å²) in [6.07, 6.45) is 4.43. The van der Waals surface area contributed by atoms with Crippen LogP contribution in [-0.4, -0.2) is 57.7 Å². The van der Waals surface area contributed by atoms with Crippen molar-refractivity contribution in [2.45, 2.75) is 45.1 Å². The summed E-state index contributed by atoms with van der Waals surface area (Å²) in [4.78, 5) is 11.1. The minimum atomic E-state index is -3.94. The highest BCUT2D eigenvalue weighted by Crippen LogP contribution is 2.12. The van der Waals surface area contributed by atoms with Crippen molar-refractivity contribution in [1.29, 1.82) is 0 Å². The number of hydrogen-bond donors (Lipinski definition) is 3. The third-order valence-electron chi connectivity index (χ3n) is 5.02. The molecule has 0 fully saturated rings. The minimum absolute atomic E-state index is 0.301. The van der Waals surface area contributed by atoms with Crippen LogP contribution in [-0.2, 0) is 21.4 Å². The molecule has 0 saturated carbocycles. The Bertz CT molecular complexity index is 1090. The second-order valence-corrected chi connectivity index (χ2v) is 10.9. The van der Waals surface area contributed by atoms with Crippen LogP contribution >= 0.6 is 0 Å². The van der Waals surface area contributed by atoms with Crippen molar-refractivity contribution in [3.63, 3.8) is 0 Å². The van der Waals surface area contributed by atoms with Gasteiger partial charge in [0.05, 0.1) is 40.2 Å². The van der Waals surface area contributed by atoms with Crippen LogP contribution in [0.1, 0.15) is 49.3 Å². The van der Waals surface area contributed by atoms with Gasteiger partial charge in [0.15, 0.2) is 0 Å². The van der Waals surface area contributed by atoms with Gasteiger partial charge in [-0.1, -0.05) is 43.7 Å². The average Bonchev–Trinajstić information content (AvgIpc) is 2.72. The van der Waals surface area contributed by atoms with E-state index in [1.54, 1.807) is 24.3 Å². The highest BCUT2D eigenvalue weighted by molar-refractivity contribution is 7.90. The molecule has 0 heterocycles. The quantitative estimate of drug-likeness (QED) is 0.243. The molecular formula is C26H36N3O4S+. The fraction of sp³-hybridized carbons (Fsp3) is 0.423. The average molecular weight is 487 g/mol. The number of unbranched alkanes of at least 4 members (excludes halogenated alkanes) is 2. The van der Waals surface area contributed by atoms with Gasteiger partial charge in [0.2, 0.25) is 0 Å². The van der Waals surface area contributed by atoms with Crippen LogP contribution in [0.15, 0.2) is 48.5 Å². The Morgan fingerprint density at radius 1 is 0.971 bits per heavy atom. The lowest BCUT2D eigenvalue weighted by Gasteiger charge is -2.29. The normalized spacial score (nSPS) is 12.5. The number of likely N-dealkylation sites (N-methyl/N-ethyl adjacent to an activating group) is 1. The van der Waals surface area contributed by atoms with Crippen molar-refractivity contribution in [3.05, 3.63) is 65.2 Å². The second kappa shape index (κ2) is 12.6. The van der Waals surface area contributed by atoms with E-state index in [-0.39, 0.29) is 6.42 Å². The smallest absolute Gasteiger partial charge is 0.305 e. The number of aryl methyl sites for hydroxylation is 1. The van der Waals surface area contributed by atoms with Crippen molar-refractivity contribution in [1.82, 2.24) is 4.72 Å². The molecule has 2 aromatic carbocycles. The van der Waals surface area contributed by atoms with Crippen molar-refractivity contribution in [2.24, 2.45) is 0 Å². The van der Waals surface area contributed by atoms with Crippen LogP contribution in [0.3, 0.4) is 0 Å². The van der Waals surface area contributed by atoms with Crippen LogP contribution in [0.2, 0.25) is 0 Å². The Labute approximate surface area is 204 Å². The summed E-state index contributed by atoms with van der Waals surface area (Å²) in [7, 11) is 1.68. The van der Waals surface area contributed by atoms with Crippen molar-refractivity contribution >= 4 is 21.9 Å². The molecule has 0 radical (unpaired) electrons. The summed E-state index contributed by atoms with van der Waals surface area (Å²) in [5, 5.41) is 9.11. The molecule has 34 heavy (non-hydrogen) atoms.